The van der Waals surface area contributed by atoms with Crippen molar-refractivity contribution in [2.45, 2.75) is 65.7 Å². The van der Waals surface area contributed by atoms with Crippen molar-refractivity contribution in [3.05, 3.63) is 11.6 Å². The van der Waals surface area contributed by atoms with Gasteiger partial charge >= 0.3 is 0 Å². The Morgan fingerprint density at radius 2 is 2.00 bits per heavy atom. The summed E-state index contributed by atoms with van der Waals surface area (Å²) in [6.45, 7) is 6.95. The van der Waals surface area contributed by atoms with Crippen molar-refractivity contribution < 1.29 is 9.90 Å². The minimum Gasteiger partial charge on any atom is -0.395 e. The summed E-state index contributed by atoms with van der Waals surface area (Å²) < 4.78 is 0. The molecule has 112 valence electrons. The van der Waals surface area contributed by atoms with E-state index >= 15 is 0 Å². The molecular weight excluding hydrogens is 248 g/mol. The van der Waals surface area contributed by atoms with Gasteiger partial charge in [0.2, 0.25) is 0 Å². The maximum atomic E-state index is 12.4. The average Bonchev–Trinajstić information content (AvgIpc) is 2.43. The van der Waals surface area contributed by atoms with Gasteiger partial charge in [-0.25, -0.2) is 0 Å². The van der Waals surface area contributed by atoms with Crippen molar-refractivity contribution in [2.24, 2.45) is 22.2 Å². The molecule has 2 saturated carbocycles. The van der Waals surface area contributed by atoms with Gasteiger partial charge in [0.05, 0.1) is 6.61 Å². The van der Waals surface area contributed by atoms with Crippen LogP contribution >= 0.6 is 0 Å². The summed E-state index contributed by atoms with van der Waals surface area (Å²) >= 11 is 0. The molecule has 3 aliphatic carbocycles. The normalized spacial score (nSPS) is 43.5. The monoisotopic (exact) mass is 276 g/mol. The van der Waals surface area contributed by atoms with E-state index in [1.54, 1.807) is 0 Å². The smallest absolute Gasteiger partial charge is 0.138 e. The molecule has 0 aromatic carbocycles. The van der Waals surface area contributed by atoms with Crippen LogP contribution in [0.2, 0.25) is 0 Å². The van der Waals surface area contributed by atoms with Crippen molar-refractivity contribution in [2.75, 3.05) is 6.61 Å². The Kier molecular flexibility index (Phi) is 3.17. The van der Waals surface area contributed by atoms with E-state index in [1.165, 1.54) is 12.0 Å². The fourth-order valence-electron chi connectivity index (χ4n) is 5.66. The van der Waals surface area contributed by atoms with E-state index in [9.17, 15) is 9.90 Å². The molecule has 3 atom stereocenters. The lowest BCUT2D eigenvalue weighted by Crippen LogP contribution is -2.55. The number of hydrogen-bond acceptors (Lipinski definition) is 2. The molecule has 0 aromatic rings. The molecule has 2 unspecified atom stereocenters. The molecule has 0 spiro atoms. The van der Waals surface area contributed by atoms with Crippen LogP contribution in [0.4, 0.5) is 0 Å². The highest BCUT2D eigenvalue weighted by Crippen LogP contribution is 2.65. The first kappa shape index (κ1) is 14.3. The first-order chi connectivity index (χ1) is 9.37. The number of fused-ring (bicyclic) bond motifs is 3. The number of aliphatic hydroxyl groups is 1. The molecule has 0 radical (unpaired) electrons. The molecule has 2 heteroatoms. The quantitative estimate of drug-likeness (QED) is 0.738. The first-order valence-corrected chi connectivity index (χ1v) is 8.22. The Hall–Kier alpha value is -0.630. The molecule has 1 N–H and O–H groups in total. The predicted octanol–water partition coefficient (Wildman–Crippen LogP) is 3.88. The third-order valence-corrected chi connectivity index (χ3v) is 6.84. The number of aliphatic hydroxyl groups excluding tert-OH is 1. The van der Waals surface area contributed by atoms with Gasteiger partial charge in [0, 0.05) is 17.3 Å². The zero-order chi connectivity index (χ0) is 14.6. The summed E-state index contributed by atoms with van der Waals surface area (Å²) in [5, 5.41) is 10.1. The number of carbonyl (C=O) groups is 1. The number of carbonyl (C=O) groups excluding carboxylic acids is 1. The number of ketones is 1. The second-order valence-corrected chi connectivity index (χ2v) is 8.10. The summed E-state index contributed by atoms with van der Waals surface area (Å²) in [7, 11) is 0. The number of Topliss-reactive ketones (excluding diaryl/α,β-unsaturated/α-hetero) is 1. The highest BCUT2D eigenvalue weighted by molar-refractivity contribution is 5.85. The maximum Gasteiger partial charge on any atom is 0.138 e. The van der Waals surface area contributed by atoms with E-state index in [4.69, 9.17) is 0 Å². The van der Waals surface area contributed by atoms with Gasteiger partial charge in [-0.05, 0) is 49.9 Å². The lowest BCUT2D eigenvalue weighted by molar-refractivity contribution is -0.142. The van der Waals surface area contributed by atoms with Gasteiger partial charge in [-0.15, -0.1) is 0 Å². The fraction of sp³-hybridized carbons (Fsp3) is 0.833. The summed E-state index contributed by atoms with van der Waals surface area (Å²) in [6, 6.07) is 0. The minimum absolute atomic E-state index is 0.0277. The molecule has 0 amide bonds. The molecule has 0 aromatic heterocycles. The summed E-state index contributed by atoms with van der Waals surface area (Å²) in [5.41, 5.74) is 1.45. The van der Waals surface area contributed by atoms with Crippen LogP contribution in [0, 0.1) is 22.2 Å². The van der Waals surface area contributed by atoms with Gasteiger partial charge in [0.25, 0.3) is 0 Å². The van der Waals surface area contributed by atoms with Crippen molar-refractivity contribution in [3.8, 4) is 0 Å². The molecule has 20 heavy (non-hydrogen) atoms. The van der Waals surface area contributed by atoms with Crippen LogP contribution in [0.15, 0.2) is 11.6 Å². The van der Waals surface area contributed by atoms with Crippen molar-refractivity contribution in [3.63, 3.8) is 0 Å². The lowest BCUT2D eigenvalue weighted by atomic mass is 9.44. The predicted molar refractivity (Wildman–Crippen MR) is 80.3 cm³/mol. The van der Waals surface area contributed by atoms with E-state index in [2.05, 4.69) is 26.8 Å². The molecule has 3 rings (SSSR count). The van der Waals surface area contributed by atoms with Crippen molar-refractivity contribution in [1.29, 1.82) is 0 Å². The SMILES string of the molecule is CC1(C)C(=O)CC[C@]2(C)C3=CCCCC3(CO)CCC12. The second-order valence-electron chi connectivity index (χ2n) is 8.10. The number of rotatable bonds is 1. The maximum absolute atomic E-state index is 12.4. The highest BCUT2D eigenvalue weighted by atomic mass is 16.3. The van der Waals surface area contributed by atoms with Crippen LogP contribution in [0.5, 0.6) is 0 Å². The van der Waals surface area contributed by atoms with Crippen LogP contribution in [-0.4, -0.2) is 17.5 Å². The van der Waals surface area contributed by atoms with Gasteiger partial charge in [-0.3, -0.25) is 4.79 Å². The second kappa shape index (κ2) is 4.43. The van der Waals surface area contributed by atoms with E-state index in [-0.39, 0.29) is 22.9 Å². The third-order valence-electron chi connectivity index (χ3n) is 6.84. The zero-order valence-corrected chi connectivity index (χ0v) is 13.2. The Morgan fingerprint density at radius 1 is 1.25 bits per heavy atom. The van der Waals surface area contributed by atoms with Crippen LogP contribution in [0.3, 0.4) is 0 Å². The Labute approximate surface area is 122 Å². The summed E-state index contributed by atoms with van der Waals surface area (Å²) in [4.78, 5) is 12.4. The zero-order valence-electron chi connectivity index (χ0n) is 13.2. The molecule has 0 bridgehead atoms. The third kappa shape index (κ3) is 1.70. The molecular formula is C18H28O2. The van der Waals surface area contributed by atoms with Gasteiger partial charge in [-0.2, -0.15) is 0 Å². The molecule has 3 aliphatic rings. The lowest BCUT2D eigenvalue weighted by Gasteiger charge is -2.60. The van der Waals surface area contributed by atoms with E-state index < -0.39 is 0 Å². The Morgan fingerprint density at radius 3 is 2.70 bits per heavy atom. The van der Waals surface area contributed by atoms with Gasteiger partial charge < -0.3 is 5.11 Å². The largest absolute Gasteiger partial charge is 0.395 e. The number of hydrogen-bond donors (Lipinski definition) is 1. The van der Waals surface area contributed by atoms with E-state index in [0.717, 1.165) is 32.1 Å². The standard InChI is InChI=1S/C18H28O2/c1-16(2)13-7-11-18(12-19)9-5-4-6-14(18)17(13,3)10-8-15(16)20/h6,13,19H,4-5,7-12H2,1-3H3/t13?,17-,18?/m0/s1. The van der Waals surface area contributed by atoms with Gasteiger partial charge in [0.1, 0.15) is 5.78 Å². The highest BCUT2D eigenvalue weighted by Gasteiger charge is 2.59. The number of allylic oxidation sites excluding steroid dienone is 1. The molecule has 2 nitrogen and oxygen atoms in total. The summed E-state index contributed by atoms with van der Waals surface area (Å²) in [5.74, 6) is 0.883. The molecule has 0 saturated heterocycles. The van der Waals surface area contributed by atoms with Crippen molar-refractivity contribution in [1.82, 2.24) is 0 Å². The first-order valence-electron chi connectivity index (χ1n) is 8.22. The molecule has 0 aliphatic heterocycles. The van der Waals surface area contributed by atoms with Gasteiger partial charge in [-0.1, -0.05) is 32.4 Å². The fourth-order valence-corrected chi connectivity index (χ4v) is 5.66. The topological polar surface area (TPSA) is 37.3 Å². The summed E-state index contributed by atoms with van der Waals surface area (Å²) in [6.07, 6.45) is 9.73. The Bertz CT molecular complexity index is 462. The van der Waals surface area contributed by atoms with Crippen LogP contribution in [0.1, 0.15) is 65.7 Å². The molecule has 2 fully saturated rings. The minimum atomic E-state index is -0.201. The van der Waals surface area contributed by atoms with Crippen LogP contribution in [0.25, 0.3) is 0 Å². The van der Waals surface area contributed by atoms with Gasteiger partial charge in [0.15, 0.2) is 0 Å². The van der Waals surface area contributed by atoms with Crippen LogP contribution < -0.4 is 0 Å². The van der Waals surface area contributed by atoms with Crippen LogP contribution in [-0.2, 0) is 4.79 Å². The Balaban J connectivity index is 2.07. The average molecular weight is 276 g/mol. The van der Waals surface area contributed by atoms with E-state index in [1.807, 2.05) is 0 Å². The molecule has 0 heterocycles. The van der Waals surface area contributed by atoms with Crippen molar-refractivity contribution >= 4 is 5.78 Å². The van der Waals surface area contributed by atoms with E-state index in [0.29, 0.717) is 18.1 Å².